The van der Waals surface area contributed by atoms with Gasteiger partial charge in [0, 0.05) is 41.5 Å². The third-order valence-electron chi connectivity index (χ3n) is 6.84. The number of carbonyl (C=O) groups is 1. The first-order chi connectivity index (χ1) is 19.3. The van der Waals surface area contributed by atoms with Gasteiger partial charge in [-0.1, -0.05) is 11.3 Å². The number of unbranched alkanes of at least 4 members (excludes halogenated alkanes) is 1. The van der Waals surface area contributed by atoms with Crippen molar-refractivity contribution in [1.82, 2.24) is 40.5 Å². The Labute approximate surface area is 226 Å². The molecule has 0 unspecified atom stereocenters. The van der Waals surface area contributed by atoms with E-state index in [1.165, 1.54) is 24.6 Å². The summed E-state index contributed by atoms with van der Waals surface area (Å²) in [6, 6.07) is 6.21. The number of nitrogens with one attached hydrogen (secondary N) is 2. The molecule has 0 bridgehead atoms. The van der Waals surface area contributed by atoms with Crippen LogP contribution in [0.5, 0.6) is 0 Å². The highest BCUT2D eigenvalue weighted by Crippen LogP contribution is 2.46. The number of pyridine rings is 1. The van der Waals surface area contributed by atoms with Crippen molar-refractivity contribution in [2.24, 2.45) is 0 Å². The Bertz CT molecular complexity index is 1620. The standard InChI is InChI=1S/C27H25F3N8O2/c28-27(29,30)22-7-4-16(12-31-22)13-32-26(39)21-14-38(37-35-21)9-2-1-3-19-11-20-23(18-8-10-40-15-18)24(17-5-6-17)33-25(20)36-34-19/h4,7-8,10-12,14-15,17H,1-3,5-6,9,13H2,(H,32,39)(H,33,36). The highest BCUT2D eigenvalue weighted by molar-refractivity contribution is 5.96. The number of aryl methyl sites for hydroxylation is 2. The Morgan fingerprint density at radius 3 is 2.75 bits per heavy atom. The topological polar surface area (TPSA) is 127 Å². The lowest BCUT2D eigenvalue weighted by atomic mass is 10.0. The first-order valence-electron chi connectivity index (χ1n) is 13.0. The molecule has 10 nitrogen and oxygen atoms in total. The number of carbonyl (C=O) groups excluding carboxylic acids is 1. The molecule has 0 spiro atoms. The van der Waals surface area contributed by atoms with Crippen molar-refractivity contribution in [2.45, 2.75) is 57.3 Å². The molecule has 2 N–H and O–H groups in total. The minimum absolute atomic E-state index is 0.0216. The molecule has 13 heteroatoms. The minimum Gasteiger partial charge on any atom is -0.472 e. The predicted molar refractivity (Wildman–Crippen MR) is 137 cm³/mol. The number of alkyl halides is 3. The lowest BCUT2D eigenvalue weighted by Crippen LogP contribution is -2.23. The number of H-pyrrole nitrogens is 1. The van der Waals surface area contributed by atoms with Crippen LogP contribution >= 0.6 is 0 Å². The largest absolute Gasteiger partial charge is 0.472 e. The second kappa shape index (κ2) is 10.5. The van der Waals surface area contributed by atoms with Crippen LogP contribution < -0.4 is 5.32 Å². The Kier molecular flexibility index (Phi) is 6.78. The number of aromatic nitrogens is 7. The fourth-order valence-corrected chi connectivity index (χ4v) is 4.63. The summed E-state index contributed by atoms with van der Waals surface area (Å²) in [6.45, 7) is 0.586. The van der Waals surface area contributed by atoms with E-state index in [1.54, 1.807) is 23.4 Å². The maximum atomic E-state index is 12.6. The van der Waals surface area contributed by atoms with Gasteiger partial charge in [-0.3, -0.25) is 14.5 Å². The number of aromatic amines is 1. The van der Waals surface area contributed by atoms with E-state index in [4.69, 9.17) is 4.42 Å². The van der Waals surface area contributed by atoms with E-state index in [-0.39, 0.29) is 12.2 Å². The highest BCUT2D eigenvalue weighted by atomic mass is 19.4. The Morgan fingerprint density at radius 1 is 1.15 bits per heavy atom. The minimum atomic E-state index is -4.51. The van der Waals surface area contributed by atoms with E-state index < -0.39 is 17.8 Å². The summed E-state index contributed by atoms with van der Waals surface area (Å²) in [6.07, 6.45) is 6.25. The van der Waals surface area contributed by atoms with Crippen LogP contribution in [0.25, 0.3) is 22.2 Å². The Morgan fingerprint density at radius 2 is 2.02 bits per heavy atom. The van der Waals surface area contributed by atoms with Crippen LogP contribution in [-0.2, 0) is 25.7 Å². The van der Waals surface area contributed by atoms with Crippen LogP contribution in [0, 0.1) is 0 Å². The summed E-state index contributed by atoms with van der Waals surface area (Å²) in [5.74, 6) is 0.0549. The van der Waals surface area contributed by atoms with E-state index in [0.29, 0.717) is 18.0 Å². The molecular weight excluding hydrogens is 525 g/mol. The van der Waals surface area contributed by atoms with E-state index in [2.05, 4.69) is 41.9 Å². The van der Waals surface area contributed by atoms with Crippen LogP contribution in [0.4, 0.5) is 13.2 Å². The number of halogens is 3. The normalized spacial score (nSPS) is 13.7. The number of rotatable bonds is 10. The number of amides is 1. The van der Waals surface area contributed by atoms with Crippen LogP contribution in [0.15, 0.2) is 53.6 Å². The third-order valence-corrected chi connectivity index (χ3v) is 6.84. The molecule has 1 fully saturated rings. The smallest absolute Gasteiger partial charge is 0.433 e. The van der Waals surface area contributed by atoms with E-state index in [1.807, 2.05) is 6.07 Å². The van der Waals surface area contributed by atoms with Gasteiger partial charge in [-0.2, -0.15) is 18.3 Å². The van der Waals surface area contributed by atoms with Crippen LogP contribution in [0.3, 0.4) is 0 Å². The van der Waals surface area contributed by atoms with Gasteiger partial charge >= 0.3 is 6.18 Å². The molecule has 0 saturated heterocycles. The van der Waals surface area contributed by atoms with Gasteiger partial charge in [-0.05, 0) is 61.8 Å². The average Bonchev–Trinajstić information content (AvgIpc) is 3.30. The van der Waals surface area contributed by atoms with Gasteiger partial charge in [0.05, 0.1) is 24.4 Å². The highest BCUT2D eigenvalue weighted by Gasteiger charge is 2.32. The third kappa shape index (κ3) is 5.58. The summed E-state index contributed by atoms with van der Waals surface area (Å²) in [5.41, 5.74) is 4.64. The fraction of sp³-hybridized carbons (Fsp3) is 0.333. The lowest BCUT2D eigenvalue weighted by Gasteiger charge is -2.07. The van der Waals surface area contributed by atoms with Crippen molar-refractivity contribution in [2.75, 3.05) is 0 Å². The van der Waals surface area contributed by atoms with Crippen LogP contribution in [0.1, 0.15) is 64.7 Å². The molecule has 0 aromatic carbocycles. The average molecular weight is 551 g/mol. The number of furan rings is 1. The Balaban J connectivity index is 1.01. The second-order valence-electron chi connectivity index (χ2n) is 9.85. The molecule has 1 saturated carbocycles. The van der Waals surface area contributed by atoms with Gasteiger partial charge in [-0.15, -0.1) is 10.2 Å². The van der Waals surface area contributed by atoms with Crippen molar-refractivity contribution in [3.63, 3.8) is 0 Å². The van der Waals surface area contributed by atoms with Crippen molar-refractivity contribution in [1.29, 1.82) is 0 Å². The zero-order chi connectivity index (χ0) is 27.7. The molecule has 1 aliphatic rings. The number of fused-ring (bicyclic) bond motifs is 1. The molecule has 1 aliphatic carbocycles. The molecule has 5 aromatic heterocycles. The van der Waals surface area contributed by atoms with Gasteiger partial charge in [-0.25, -0.2) is 0 Å². The summed E-state index contributed by atoms with van der Waals surface area (Å²) in [7, 11) is 0. The quantitative estimate of drug-likeness (QED) is 0.233. The first kappa shape index (κ1) is 25.7. The zero-order valence-corrected chi connectivity index (χ0v) is 21.3. The summed E-state index contributed by atoms with van der Waals surface area (Å²) >= 11 is 0. The van der Waals surface area contributed by atoms with Crippen LogP contribution in [-0.4, -0.2) is 41.1 Å². The van der Waals surface area contributed by atoms with Gasteiger partial charge in [0.25, 0.3) is 5.91 Å². The van der Waals surface area contributed by atoms with E-state index >= 15 is 0 Å². The molecule has 206 valence electrons. The van der Waals surface area contributed by atoms with Crippen molar-refractivity contribution >= 4 is 16.9 Å². The van der Waals surface area contributed by atoms with Gasteiger partial charge in [0.2, 0.25) is 0 Å². The second-order valence-corrected chi connectivity index (χ2v) is 9.85. The monoisotopic (exact) mass is 550 g/mol. The summed E-state index contributed by atoms with van der Waals surface area (Å²) in [4.78, 5) is 19.2. The first-order valence-corrected chi connectivity index (χ1v) is 13.0. The number of hydrogen-bond donors (Lipinski definition) is 2. The fourth-order valence-electron chi connectivity index (χ4n) is 4.63. The molecule has 40 heavy (non-hydrogen) atoms. The van der Waals surface area contributed by atoms with Gasteiger partial charge in [0.15, 0.2) is 11.3 Å². The van der Waals surface area contributed by atoms with Crippen LogP contribution in [0.2, 0.25) is 0 Å². The van der Waals surface area contributed by atoms with Gasteiger partial charge in [0.1, 0.15) is 5.69 Å². The number of hydrogen-bond acceptors (Lipinski definition) is 7. The molecule has 0 atom stereocenters. The van der Waals surface area contributed by atoms with Crippen molar-refractivity contribution in [3.05, 3.63) is 77.5 Å². The SMILES string of the molecule is O=C(NCc1ccc(C(F)(F)F)nc1)c1cn(CCCCc2cc3c(-c4ccoc4)c(C4CC4)[nH]c3nn2)nn1. The molecule has 6 rings (SSSR count). The summed E-state index contributed by atoms with van der Waals surface area (Å²) < 4.78 is 44.8. The zero-order valence-electron chi connectivity index (χ0n) is 21.3. The molecule has 0 aliphatic heterocycles. The lowest BCUT2D eigenvalue weighted by molar-refractivity contribution is -0.141. The number of nitrogens with zero attached hydrogens (tertiary/aromatic N) is 6. The molecule has 5 heterocycles. The predicted octanol–water partition coefficient (Wildman–Crippen LogP) is 5.05. The molecule has 1 amide bonds. The Hall–Kier alpha value is -4.55. The van der Waals surface area contributed by atoms with Crippen molar-refractivity contribution < 1.29 is 22.4 Å². The summed E-state index contributed by atoms with van der Waals surface area (Å²) in [5, 5.41) is 20.4. The molecule has 0 radical (unpaired) electrons. The van der Waals surface area contributed by atoms with E-state index in [9.17, 15) is 18.0 Å². The maximum absolute atomic E-state index is 12.6. The maximum Gasteiger partial charge on any atom is 0.433 e. The van der Waals surface area contributed by atoms with Gasteiger partial charge < -0.3 is 14.7 Å². The molecular formula is C27H25F3N8O2. The van der Waals surface area contributed by atoms with Crippen molar-refractivity contribution in [3.8, 4) is 11.1 Å². The van der Waals surface area contributed by atoms with E-state index in [0.717, 1.165) is 59.4 Å². The molecule has 5 aromatic rings.